The Kier molecular flexibility index (Phi) is 5.31. The van der Waals surface area contributed by atoms with E-state index in [-0.39, 0.29) is 38.3 Å². The molecule has 2 rings (SSSR count). The summed E-state index contributed by atoms with van der Waals surface area (Å²) >= 11 is 0. The molecule has 7 heteroatoms. The van der Waals surface area contributed by atoms with Crippen molar-refractivity contribution >= 4 is 11.6 Å². The first-order chi connectivity index (χ1) is 10.7. The number of halogens is 3. The van der Waals surface area contributed by atoms with Crippen LogP contribution >= 0.6 is 0 Å². The lowest BCUT2D eigenvalue weighted by atomic mass is 9.91. The fourth-order valence-electron chi connectivity index (χ4n) is 2.62. The normalized spacial score (nSPS) is 18.7. The number of anilines is 1. The highest BCUT2D eigenvalue weighted by Crippen LogP contribution is 2.38. The van der Waals surface area contributed by atoms with E-state index in [1.54, 1.807) is 11.0 Å². The van der Waals surface area contributed by atoms with E-state index in [1.807, 2.05) is 25.1 Å². The molecule has 1 saturated heterocycles. The molecule has 0 spiro atoms. The van der Waals surface area contributed by atoms with Gasteiger partial charge in [0.2, 0.25) is 5.91 Å². The topological polar surface area (TPSA) is 52.6 Å². The zero-order valence-electron chi connectivity index (χ0n) is 13.0. The fraction of sp³-hybridized carbons (Fsp3) is 0.562. The summed E-state index contributed by atoms with van der Waals surface area (Å²) in [4.78, 5) is 13.7. The molecule has 0 bridgehead atoms. The average molecular weight is 330 g/mol. The first kappa shape index (κ1) is 17.7. The number of carbonyl (C=O) groups excluding carboxylic acids is 1. The van der Waals surface area contributed by atoms with E-state index in [2.05, 4.69) is 5.32 Å². The number of aryl methyl sites for hydroxylation is 1. The summed E-state index contributed by atoms with van der Waals surface area (Å²) in [5.74, 6) is -0.170. The van der Waals surface area contributed by atoms with Gasteiger partial charge >= 0.3 is 6.18 Å². The zero-order valence-corrected chi connectivity index (χ0v) is 13.0. The summed E-state index contributed by atoms with van der Waals surface area (Å²) in [5, 5.41) is 12.4. The van der Waals surface area contributed by atoms with Crippen LogP contribution in [0.2, 0.25) is 0 Å². The van der Waals surface area contributed by atoms with Gasteiger partial charge in [0.1, 0.15) is 0 Å². The van der Waals surface area contributed by atoms with Crippen molar-refractivity contribution in [1.29, 1.82) is 0 Å². The predicted octanol–water partition coefficient (Wildman–Crippen LogP) is 2.71. The number of nitrogens with zero attached hydrogens (tertiary/aromatic N) is 1. The van der Waals surface area contributed by atoms with Crippen LogP contribution in [0.15, 0.2) is 24.3 Å². The third kappa shape index (κ3) is 4.45. The summed E-state index contributed by atoms with van der Waals surface area (Å²) in [6.07, 6.45) is -5.09. The number of alkyl halides is 3. The van der Waals surface area contributed by atoms with Crippen LogP contribution in [0.3, 0.4) is 0 Å². The number of para-hydroxylation sites is 1. The van der Waals surface area contributed by atoms with E-state index < -0.39 is 11.8 Å². The van der Waals surface area contributed by atoms with Crippen LogP contribution in [-0.4, -0.2) is 47.3 Å². The van der Waals surface area contributed by atoms with Crippen LogP contribution in [0.25, 0.3) is 0 Å². The molecule has 0 atom stereocenters. The summed E-state index contributed by atoms with van der Waals surface area (Å²) < 4.78 is 38.1. The van der Waals surface area contributed by atoms with Crippen molar-refractivity contribution < 1.29 is 23.1 Å². The highest BCUT2D eigenvalue weighted by atomic mass is 19.4. The number of rotatable bonds is 4. The van der Waals surface area contributed by atoms with Gasteiger partial charge in [-0.3, -0.25) is 4.79 Å². The van der Waals surface area contributed by atoms with Gasteiger partial charge in [-0.25, -0.2) is 0 Å². The smallest absolute Gasteiger partial charge is 0.380 e. The van der Waals surface area contributed by atoms with Crippen molar-refractivity contribution in [2.24, 2.45) is 0 Å². The van der Waals surface area contributed by atoms with Crippen LogP contribution < -0.4 is 5.32 Å². The first-order valence-corrected chi connectivity index (χ1v) is 7.58. The number of hydrogen-bond acceptors (Lipinski definition) is 3. The van der Waals surface area contributed by atoms with Gasteiger partial charge in [-0.1, -0.05) is 18.2 Å². The molecule has 0 unspecified atom stereocenters. The summed E-state index contributed by atoms with van der Waals surface area (Å²) in [6.45, 7) is 2.53. The van der Waals surface area contributed by atoms with E-state index in [0.29, 0.717) is 6.54 Å². The molecule has 1 fully saturated rings. The molecule has 0 aromatic heterocycles. The molecule has 128 valence electrons. The molecule has 1 amide bonds. The number of benzene rings is 1. The van der Waals surface area contributed by atoms with Gasteiger partial charge in [0.25, 0.3) is 0 Å². The molecular formula is C16H21F3N2O2. The Morgan fingerprint density at radius 2 is 1.91 bits per heavy atom. The maximum Gasteiger partial charge on any atom is 0.417 e. The van der Waals surface area contributed by atoms with Crippen molar-refractivity contribution in [3.8, 4) is 0 Å². The average Bonchev–Trinajstić information content (AvgIpc) is 2.48. The maximum absolute atomic E-state index is 12.7. The number of aliphatic hydroxyl groups is 1. The lowest BCUT2D eigenvalue weighted by molar-refractivity contribution is -0.272. The molecule has 1 heterocycles. The van der Waals surface area contributed by atoms with Crippen molar-refractivity contribution in [3.05, 3.63) is 29.8 Å². The van der Waals surface area contributed by atoms with Crippen LogP contribution in [0.5, 0.6) is 0 Å². The summed E-state index contributed by atoms with van der Waals surface area (Å²) in [5.41, 5.74) is -0.899. The summed E-state index contributed by atoms with van der Waals surface area (Å²) in [7, 11) is 0. The molecule has 1 aliphatic rings. The second kappa shape index (κ2) is 6.88. The second-order valence-electron chi connectivity index (χ2n) is 5.98. The molecule has 0 aliphatic carbocycles. The molecule has 1 aromatic rings. The Morgan fingerprint density at radius 1 is 1.30 bits per heavy atom. The molecular weight excluding hydrogens is 309 g/mol. The standard InChI is InChI=1S/C16H21F3N2O2/c1-12-4-2-3-5-13(12)20-14(22)6-9-21-10-7-15(23,8-11-21)16(17,18)19/h2-5,23H,6-11H2,1H3,(H,20,22). The minimum absolute atomic E-state index is 0.133. The molecule has 2 N–H and O–H groups in total. The molecule has 23 heavy (non-hydrogen) atoms. The van der Waals surface area contributed by atoms with Crippen molar-refractivity contribution in [2.75, 3.05) is 25.0 Å². The second-order valence-corrected chi connectivity index (χ2v) is 5.98. The third-order valence-electron chi connectivity index (χ3n) is 4.29. The van der Waals surface area contributed by atoms with Crippen LogP contribution in [0, 0.1) is 6.92 Å². The van der Waals surface area contributed by atoms with E-state index in [4.69, 9.17) is 0 Å². The molecule has 4 nitrogen and oxygen atoms in total. The number of amides is 1. The Bertz CT molecular complexity index is 553. The number of carbonyl (C=O) groups is 1. The zero-order chi connectivity index (χ0) is 17.1. The van der Waals surface area contributed by atoms with Gasteiger partial charge in [0, 0.05) is 31.7 Å². The van der Waals surface area contributed by atoms with E-state index >= 15 is 0 Å². The monoisotopic (exact) mass is 330 g/mol. The molecule has 1 aliphatic heterocycles. The summed E-state index contributed by atoms with van der Waals surface area (Å²) in [6, 6.07) is 7.39. The minimum atomic E-state index is -4.60. The minimum Gasteiger partial charge on any atom is -0.380 e. The van der Waals surface area contributed by atoms with Crippen LogP contribution in [0.4, 0.5) is 18.9 Å². The largest absolute Gasteiger partial charge is 0.417 e. The fourth-order valence-corrected chi connectivity index (χ4v) is 2.62. The van der Waals surface area contributed by atoms with Crippen molar-refractivity contribution in [2.45, 2.75) is 38.0 Å². The van der Waals surface area contributed by atoms with E-state index in [1.165, 1.54) is 0 Å². The van der Waals surface area contributed by atoms with E-state index in [9.17, 15) is 23.1 Å². The highest BCUT2D eigenvalue weighted by molar-refractivity contribution is 5.91. The number of likely N-dealkylation sites (tertiary alicyclic amines) is 1. The third-order valence-corrected chi connectivity index (χ3v) is 4.29. The van der Waals surface area contributed by atoms with Crippen LogP contribution in [-0.2, 0) is 4.79 Å². The molecule has 1 aromatic carbocycles. The van der Waals surface area contributed by atoms with Crippen molar-refractivity contribution in [3.63, 3.8) is 0 Å². The lowest BCUT2D eigenvalue weighted by Crippen LogP contribution is -2.53. The SMILES string of the molecule is Cc1ccccc1NC(=O)CCN1CCC(O)(C(F)(F)F)CC1. The molecule has 0 radical (unpaired) electrons. The van der Waals surface area contributed by atoms with Gasteiger partial charge in [-0.2, -0.15) is 13.2 Å². The number of piperidine rings is 1. The Labute approximate surface area is 133 Å². The molecule has 0 saturated carbocycles. The predicted molar refractivity (Wildman–Crippen MR) is 81.1 cm³/mol. The van der Waals surface area contributed by atoms with Crippen molar-refractivity contribution in [1.82, 2.24) is 4.90 Å². The van der Waals surface area contributed by atoms with Gasteiger partial charge in [0.15, 0.2) is 5.60 Å². The number of hydrogen-bond donors (Lipinski definition) is 2. The Hall–Kier alpha value is -1.60. The van der Waals surface area contributed by atoms with Gasteiger partial charge < -0.3 is 15.3 Å². The number of nitrogens with one attached hydrogen (secondary N) is 1. The quantitative estimate of drug-likeness (QED) is 0.892. The highest BCUT2D eigenvalue weighted by Gasteiger charge is 2.54. The Balaban J connectivity index is 1.77. The van der Waals surface area contributed by atoms with Gasteiger partial charge in [0.05, 0.1) is 0 Å². The maximum atomic E-state index is 12.7. The first-order valence-electron chi connectivity index (χ1n) is 7.58. The van der Waals surface area contributed by atoms with Gasteiger partial charge in [-0.15, -0.1) is 0 Å². The Morgan fingerprint density at radius 3 is 2.48 bits per heavy atom. The van der Waals surface area contributed by atoms with E-state index in [0.717, 1.165) is 11.3 Å². The van der Waals surface area contributed by atoms with Gasteiger partial charge in [-0.05, 0) is 31.4 Å². The lowest BCUT2D eigenvalue weighted by Gasteiger charge is -2.39. The van der Waals surface area contributed by atoms with Crippen LogP contribution in [0.1, 0.15) is 24.8 Å².